The number of hydrogen-bond donors (Lipinski definition) is 1. The highest BCUT2D eigenvalue weighted by molar-refractivity contribution is 6.31. The molecule has 5 nitrogen and oxygen atoms in total. The lowest BCUT2D eigenvalue weighted by atomic mass is 9.78. The van der Waals surface area contributed by atoms with E-state index in [0.717, 1.165) is 5.56 Å². The van der Waals surface area contributed by atoms with Crippen LogP contribution in [0.5, 0.6) is 5.75 Å². The van der Waals surface area contributed by atoms with Crippen molar-refractivity contribution in [3.8, 4) is 5.75 Å². The van der Waals surface area contributed by atoms with Gasteiger partial charge in [0.15, 0.2) is 5.78 Å². The highest BCUT2D eigenvalue weighted by atomic mass is 35.5. The highest BCUT2D eigenvalue weighted by Crippen LogP contribution is 2.49. The van der Waals surface area contributed by atoms with Gasteiger partial charge < -0.3 is 10.1 Å². The maximum absolute atomic E-state index is 14.0. The standard InChI is InChI=1S/C28H22ClF3N2O3/c1-37-18-12-10-16(11-13-18)17-14-22-25(24(35)15-17)26(19-6-2-3-7-20(19)29)34(27(36)28(30,31)32)23-9-5-4-8-21(23)33-22/h2-13,17,26,33H,14-15H2,1H3/t17-,26-/m0/s1. The molecule has 2 aliphatic rings. The molecule has 0 bridgehead atoms. The lowest BCUT2D eigenvalue weighted by Gasteiger charge is -2.35. The number of ketones is 1. The second kappa shape index (κ2) is 9.59. The van der Waals surface area contributed by atoms with Gasteiger partial charge in [-0.3, -0.25) is 14.5 Å². The highest BCUT2D eigenvalue weighted by Gasteiger charge is 2.50. The number of nitrogens with zero attached hydrogens (tertiary/aromatic N) is 1. The number of carbonyl (C=O) groups excluding carboxylic acids is 2. The fourth-order valence-corrected chi connectivity index (χ4v) is 5.29. The van der Waals surface area contributed by atoms with E-state index in [9.17, 15) is 22.8 Å². The van der Waals surface area contributed by atoms with Crippen molar-refractivity contribution in [1.82, 2.24) is 0 Å². The number of methoxy groups -OCH3 is 1. The van der Waals surface area contributed by atoms with Gasteiger partial charge in [0.2, 0.25) is 0 Å². The summed E-state index contributed by atoms with van der Waals surface area (Å²) in [7, 11) is 1.56. The Morgan fingerprint density at radius 1 is 1.00 bits per heavy atom. The van der Waals surface area contributed by atoms with Crippen molar-refractivity contribution in [2.75, 3.05) is 17.3 Å². The van der Waals surface area contributed by atoms with Gasteiger partial charge in [-0.05, 0) is 53.8 Å². The summed E-state index contributed by atoms with van der Waals surface area (Å²) in [5, 5.41) is 3.36. The number of hydrogen-bond acceptors (Lipinski definition) is 4. The molecule has 1 amide bonds. The van der Waals surface area contributed by atoms with Gasteiger partial charge in [-0.15, -0.1) is 0 Å². The topological polar surface area (TPSA) is 58.6 Å². The summed E-state index contributed by atoms with van der Waals surface area (Å²) in [4.78, 5) is 27.4. The van der Waals surface area contributed by atoms with Crippen LogP contribution >= 0.6 is 11.6 Å². The number of rotatable bonds is 3. The van der Waals surface area contributed by atoms with Gasteiger partial charge in [0.05, 0.1) is 24.5 Å². The molecule has 2 atom stereocenters. The fraction of sp³-hybridized carbons (Fsp3) is 0.214. The van der Waals surface area contributed by atoms with Gasteiger partial charge in [0.25, 0.3) is 0 Å². The van der Waals surface area contributed by atoms with E-state index in [1.54, 1.807) is 55.6 Å². The van der Waals surface area contributed by atoms with Crippen molar-refractivity contribution in [3.05, 3.63) is 100 Å². The second-order valence-corrected chi connectivity index (χ2v) is 9.34. The summed E-state index contributed by atoms with van der Waals surface area (Å²) in [6.07, 6.45) is -4.75. The first-order valence-corrected chi connectivity index (χ1v) is 12.0. The Morgan fingerprint density at radius 3 is 2.35 bits per heavy atom. The minimum absolute atomic E-state index is 0.0120. The average Bonchev–Trinajstić information content (AvgIpc) is 3.02. The fourth-order valence-electron chi connectivity index (χ4n) is 5.05. The van der Waals surface area contributed by atoms with Crippen LogP contribution in [-0.2, 0) is 9.59 Å². The van der Waals surface area contributed by atoms with E-state index in [4.69, 9.17) is 16.3 Å². The molecule has 0 radical (unpaired) electrons. The number of fused-ring (bicyclic) bond motifs is 1. The molecule has 0 spiro atoms. The molecular formula is C28H22ClF3N2O3. The molecule has 190 valence electrons. The van der Waals surface area contributed by atoms with Crippen LogP contribution in [0.1, 0.15) is 35.9 Å². The third kappa shape index (κ3) is 4.57. The van der Waals surface area contributed by atoms with Crippen molar-refractivity contribution < 1.29 is 27.5 Å². The SMILES string of the molecule is COc1ccc([C@@H]2CC(=O)C3=C(C2)Nc2ccccc2N(C(=O)C(F)(F)F)[C@H]3c2ccccc2Cl)cc1. The van der Waals surface area contributed by atoms with E-state index in [1.165, 1.54) is 12.1 Å². The van der Waals surface area contributed by atoms with Crippen LogP contribution in [-0.4, -0.2) is 25.0 Å². The summed E-state index contributed by atoms with van der Waals surface area (Å²) < 4.78 is 47.1. The van der Waals surface area contributed by atoms with E-state index in [2.05, 4.69) is 5.32 Å². The lowest BCUT2D eigenvalue weighted by Crippen LogP contribution is -2.45. The Morgan fingerprint density at radius 2 is 1.68 bits per heavy atom. The summed E-state index contributed by atoms with van der Waals surface area (Å²) in [5.41, 5.74) is 2.02. The van der Waals surface area contributed by atoms with Crippen LogP contribution in [0.15, 0.2) is 84.1 Å². The molecule has 0 saturated heterocycles. The minimum atomic E-state index is -5.18. The molecule has 9 heteroatoms. The van der Waals surface area contributed by atoms with Crippen molar-refractivity contribution in [2.24, 2.45) is 0 Å². The molecule has 1 aliphatic carbocycles. The summed E-state index contributed by atoms with van der Waals surface area (Å²) >= 11 is 6.47. The Hall–Kier alpha value is -3.78. The number of anilines is 2. The minimum Gasteiger partial charge on any atom is -0.497 e. The van der Waals surface area contributed by atoms with Crippen LogP contribution in [0.25, 0.3) is 0 Å². The van der Waals surface area contributed by atoms with E-state index in [-0.39, 0.29) is 40.0 Å². The number of alkyl halides is 3. The zero-order valence-corrected chi connectivity index (χ0v) is 20.4. The molecule has 3 aromatic carbocycles. The quantitative estimate of drug-likeness (QED) is 0.407. The molecule has 1 heterocycles. The molecule has 0 saturated carbocycles. The number of nitrogens with one attached hydrogen (secondary N) is 1. The monoisotopic (exact) mass is 526 g/mol. The molecule has 37 heavy (non-hydrogen) atoms. The van der Waals surface area contributed by atoms with Gasteiger partial charge in [0, 0.05) is 22.7 Å². The van der Waals surface area contributed by atoms with Crippen molar-refractivity contribution in [2.45, 2.75) is 31.0 Å². The number of allylic oxidation sites excluding steroid dienone is 1. The molecule has 0 unspecified atom stereocenters. The normalized spacial score (nSPS) is 19.5. The summed E-state index contributed by atoms with van der Waals surface area (Å²) in [5.74, 6) is -1.97. The number of amides is 1. The number of para-hydroxylation sites is 2. The maximum Gasteiger partial charge on any atom is 0.471 e. The van der Waals surface area contributed by atoms with Gasteiger partial charge in [-0.25, -0.2) is 0 Å². The summed E-state index contributed by atoms with van der Waals surface area (Å²) in [6.45, 7) is 0. The third-order valence-electron chi connectivity index (χ3n) is 6.74. The number of carbonyl (C=O) groups is 2. The largest absolute Gasteiger partial charge is 0.497 e. The molecule has 1 N–H and O–H groups in total. The molecule has 0 aromatic heterocycles. The number of benzene rings is 3. The predicted octanol–water partition coefficient (Wildman–Crippen LogP) is 6.81. The molecule has 3 aromatic rings. The molecule has 1 aliphatic heterocycles. The van der Waals surface area contributed by atoms with Gasteiger partial charge >= 0.3 is 12.1 Å². The Kier molecular flexibility index (Phi) is 6.45. The van der Waals surface area contributed by atoms with Crippen molar-refractivity contribution in [3.63, 3.8) is 0 Å². The van der Waals surface area contributed by atoms with E-state index >= 15 is 0 Å². The van der Waals surface area contributed by atoms with E-state index in [1.807, 2.05) is 12.1 Å². The summed E-state index contributed by atoms with van der Waals surface area (Å²) in [6, 6.07) is 18.6. The predicted molar refractivity (Wildman–Crippen MR) is 135 cm³/mol. The Balaban J connectivity index is 1.71. The maximum atomic E-state index is 14.0. The van der Waals surface area contributed by atoms with Crippen LogP contribution in [0.2, 0.25) is 5.02 Å². The van der Waals surface area contributed by atoms with Gasteiger partial charge in [-0.2, -0.15) is 13.2 Å². The van der Waals surface area contributed by atoms with Gasteiger partial charge in [0.1, 0.15) is 5.75 Å². The first-order chi connectivity index (χ1) is 17.7. The molecule has 5 rings (SSSR count). The number of halogens is 4. The van der Waals surface area contributed by atoms with Crippen LogP contribution in [0.4, 0.5) is 24.5 Å². The molecule has 0 fully saturated rings. The first kappa shape index (κ1) is 24.9. The van der Waals surface area contributed by atoms with Crippen LogP contribution < -0.4 is 15.0 Å². The Labute approximate surface area is 216 Å². The second-order valence-electron chi connectivity index (χ2n) is 8.93. The third-order valence-corrected chi connectivity index (χ3v) is 7.08. The van der Waals surface area contributed by atoms with E-state index in [0.29, 0.717) is 28.5 Å². The van der Waals surface area contributed by atoms with Crippen molar-refractivity contribution >= 4 is 34.7 Å². The smallest absolute Gasteiger partial charge is 0.471 e. The Bertz CT molecular complexity index is 1400. The molecular weight excluding hydrogens is 505 g/mol. The van der Waals surface area contributed by atoms with E-state index < -0.39 is 18.1 Å². The number of Topliss-reactive ketones (excluding diaryl/α,β-unsaturated/α-hetero) is 1. The zero-order chi connectivity index (χ0) is 26.3. The zero-order valence-electron chi connectivity index (χ0n) is 19.7. The number of ether oxygens (including phenoxy) is 1. The first-order valence-electron chi connectivity index (χ1n) is 11.6. The van der Waals surface area contributed by atoms with Crippen LogP contribution in [0.3, 0.4) is 0 Å². The average molecular weight is 527 g/mol. The van der Waals surface area contributed by atoms with Gasteiger partial charge in [-0.1, -0.05) is 54.1 Å². The lowest BCUT2D eigenvalue weighted by molar-refractivity contribution is -0.170. The van der Waals surface area contributed by atoms with Crippen LogP contribution in [0, 0.1) is 0 Å². The van der Waals surface area contributed by atoms with Crippen molar-refractivity contribution in [1.29, 1.82) is 0 Å².